The quantitative estimate of drug-likeness (QED) is 0.886. The Morgan fingerprint density at radius 1 is 1.50 bits per heavy atom. The summed E-state index contributed by atoms with van der Waals surface area (Å²) in [6.45, 7) is 3.58. The smallest absolute Gasteiger partial charge is 0.223 e. The summed E-state index contributed by atoms with van der Waals surface area (Å²) in [6.07, 6.45) is 3.56. The molecule has 2 N–H and O–H groups in total. The van der Waals surface area contributed by atoms with Crippen LogP contribution in [-0.4, -0.2) is 23.9 Å². The van der Waals surface area contributed by atoms with Gasteiger partial charge in [-0.2, -0.15) is 0 Å². The number of hydrogen-bond donors (Lipinski definition) is 1. The van der Waals surface area contributed by atoms with E-state index in [-0.39, 0.29) is 11.9 Å². The number of rotatable bonds is 4. The van der Waals surface area contributed by atoms with E-state index in [1.54, 1.807) is 0 Å². The van der Waals surface area contributed by atoms with Crippen molar-refractivity contribution in [1.29, 1.82) is 0 Å². The van der Waals surface area contributed by atoms with Gasteiger partial charge in [-0.15, -0.1) is 0 Å². The van der Waals surface area contributed by atoms with Crippen molar-refractivity contribution >= 4 is 5.91 Å². The Kier molecular flexibility index (Phi) is 4.37. The molecule has 1 aromatic carbocycles. The molecule has 1 saturated heterocycles. The first kappa shape index (κ1) is 13.1. The van der Waals surface area contributed by atoms with Crippen LogP contribution in [0.25, 0.3) is 0 Å². The van der Waals surface area contributed by atoms with Gasteiger partial charge >= 0.3 is 0 Å². The fraction of sp³-hybridized carbons (Fsp3) is 0.533. The van der Waals surface area contributed by atoms with Crippen LogP contribution in [0.15, 0.2) is 24.3 Å². The SMILES string of the molecule is Cc1cccc(C2CCCN2C(=O)CCCN)c1. The first-order chi connectivity index (χ1) is 8.72. The van der Waals surface area contributed by atoms with Crippen molar-refractivity contribution in [3.05, 3.63) is 35.4 Å². The molecule has 0 bridgehead atoms. The average Bonchev–Trinajstić information content (AvgIpc) is 2.85. The van der Waals surface area contributed by atoms with E-state index in [1.807, 2.05) is 4.90 Å². The molecule has 3 nitrogen and oxygen atoms in total. The Morgan fingerprint density at radius 3 is 3.06 bits per heavy atom. The lowest BCUT2D eigenvalue weighted by molar-refractivity contribution is -0.132. The van der Waals surface area contributed by atoms with Gasteiger partial charge < -0.3 is 10.6 Å². The minimum Gasteiger partial charge on any atom is -0.336 e. The molecule has 1 heterocycles. The van der Waals surface area contributed by atoms with Crippen LogP contribution >= 0.6 is 0 Å². The highest BCUT2D eigenvalue weighted by Gasteiger charge is 2.29. The molecule has 0 saturated carbocycles. The van der Waals surface area contributed by atoms with E-state index in [9.17, 15) is 4.79 Å². The molecular formula is C15H22N2O. The standard InChI is InChI=1S/C15H22N2O/c1-12-5-2-6-13(11-12)14-7-4-10-17(14)15(18)8-3-9-16/h2,5-6,11,14H,3-4,7-10,16H2,1H3. The van der Waals surface area contributed by atoms with Crippen LogP contribution in [0.4, 0.5) is 0 Å². The maximum Gasteiger partial charge on any atom is 0.223 e. The van der Waals surface area contributed by atoms with Gasteiger partial charge in [0.1, 0.15) is 0 Å². The molecule has 98 valence electrons. The maximum absolute atomic E-state index is 12.1. The third-order valence-corrected chi connectivity index (χ3v) is 3.59. The van der Waals surface area contributed by atoms with Gasteiger partial charge in [0.15, 0.2) is 0 Å². The maximum atomic E-state index is 12.1. The number of nitrogens with two attached hydrogens (primary N) is 1. The van der Waals surface area contributed by atoms with E-state index in [4.69, 9.17) is 5.73 Å². The number of carbonyl (C=O) groups excluding carboxylic acids is 1. The van der Waals surface area contributed by atoms with Gasteiger partial charge in [-0.3, -0.25) is 4.79 Å². The highest BCUT2D eigenvalue weighted by Crippen LogP contribution is 2.32. The Labute approximate surface area is 109 Å². The molecule has 1 aliphatic heterocycles. The molecule has 18 heavy (non-hydrogen) atoms. The second-order valence-corrected chi connectivity index (χ2v) is 5.05. The summed E-state index contributed by atoms with van der Waals surface area (Å²) in [5.74, 6) is 0.254. The van der Waals surface area contributed by atoms with Crippen molar-refractivity contribution in [2.45, 2.75) is 38.6 Å². The normalized spacial score (nSPS) is 19.2. The number of benzene rings is 1. The number of aryl methyl sites for hydroxylation is 1. The predicted molar refractivity (Wildman–Crippen MR) is 73.2 cm³/mol. The molecular weight excluding hydrogens is 224 g/mol. The zero-order valence-corrected chi connectivity index (χ0v) is 11.1. The van der Waals surface area contributed by atoms with Gasteiger partial charge in [0.25, 0.3) is 0 Å². The first-order valence-corrected chi connectivity index (χ1v) is 6.78. The van der Waals surface area contributed by atoms with Crippen molar-refractivity contribution < 1.29 is 4.79 Å². The zero-order chi connectivity index (χ0) is 13.0. The summed E-state index contributed by atoms with van der Waals surface area (Å²) in [7, 11) is 0. The Bertz CT molecular complexity index is 417. The summed E-state index contributed by atoms with van der Waals surface area (Å²) >= 11 is 0. The van der Waals surface area contributed by atoms with Crippen molar-refractivity contribution in [3.63, 3.8) is 0 Å². The van der Waals surface area contributed by atoms with E-state index < -0.39 is 0 Å². The molecule has 0 spiro atoms. The zero-order valence-electron chi connectivity index (χ0n) is 11.1. The van der Waals surface area contributed by atoms with Gasteiger partial charge in [-0.1, -0.05) is 29.8 Å². The van der Waals surface area contributed by atoms with E-state index in [2.05, 4.69) is 31.2 Å². The Morgan fingerprint density at radius 2 is 2.33 bits per heavy atom. The van der Waals surface area contributed by atoms with Crippen molar-refractivity contribution in [3.8, 4) is 0 Å². The topological polar surface area (TPSA) is 46.3 Å². The minimum absolute atomic E-state index is 0.254. The third-order valence-electron chi connectivity index (χ3n) is 3.59. The molecule has 1 aromatic rings. The van der Waals surface area contributed by atoms with Gasteiger partial charge in [-0.25, -0.2) is 0 Å². The van der Waals surface area contributed by atoms with Crippen molar-refractivity contribution in [2.24, 2.45) is 5.73 Å². The van der Waals surface area contributed by atoms with Gasteiger partial charge in [0, 0.05) is 13.0 Å². The molecule has 1 unspecified atom stereocenters. The van der Waals surface area contributed by atoms with Crippen LogP contribution in [0, 0.1) is 6.92 Å². The lowest BCUT2D eigenvalue weighted by Gasteiger charge is -2.25. The second-order valence-electron chi connectivity index (χ2n) is 5.05. The monoisotopic (exact) mass is 246 g/mol. The van der Waals surface area contributed by atoms with Crippen molar-refractivity contribution in [2.75, 3.05) is 13.1 Å². The lowest BCUT2D eigenvalue weighted by atomic mass is 10.0. The van der Waals surface area contributed by atoms with Gasteiger partial charge in [-0.05, 0) is 38.3 Å². The highest BCUT2D eigenvalue weighted by molar-refractivity contribution is 5.77. The first-order valence-electron chi connectivity index (χ1n) is 6.78. The molecule has 2 rings (SSSR count). The lowest BCUT2D eigenvalue weighted by Crippen LogP contribution is -2.30. The average molecular weight is 246 g/mol. The molecule has 3 heteroatoms. The van der Waals surface area contributed by atoms with Gasteiger partial charge in [0.05, 0.1) is 6.04 Å². The summed E-state index contributed by atoms with van der Waals surface area (Å²) in [5.41, 5.74) is 8.00. The third kappa shape index (κ3) is 2.91. The molecule has 1 amide bonds. The van der Waals surface area contributed by atoms with E-state index in [0.29, 0.717) is 13.0 Å². The summed E-state index contributed by atoms with van der Waals surface area (Å²) in [5, 5.41) is 0. The summed E-state index contributed by atoms with van der Waals surface area (Å²) < 4.78 is 0. The van der Waals surface area contributed by atoms with Crippen LogP contribution in [0.2, 0.25) is 0 Å². The molecule has 0 aliphatic carbocycles. The number of likely N-dealkylation sites (tertiary alicyclic amines) is 1. The molecule has 1 atom stereocenters. The number of amides is 1. The fourth-order valence-corrected chi connectivity index (χ4v) is 2.69. The number of nitrogens with zero attached hydrogens (tertiary/aromatic N) is 1. The van der Waals surface area contributed by atoms with Crippen LogP contribution in [0.3, 0.4) is 0 Å². The second kappa shape index (κ2) is 6.01. The highest BCUT2D eigenvalue weighted by atomic mass is 16.2. The molecule has 0 radical (unpaired) electrons. The van der Waals surface area contributed by atoms with Crippen LogP contribution in [0.1, 0.15) is 42.9 Å². The van der Waals surface area contributed by atoms with Crippen LogP contribution in [-0.2, 0) is 4.79 Å². The fourth-order valence-electron chi connectivity index (χ4n) is 2.69. The molecule has 1 fully saturated rings. The molecule has 1 aliphatic rings. The van der Waals surface area contributed by atoms with E-state index >= 15 is 0 Å². The largest absolute Gasteiger partial charge is 0.336 e. The number of carbonyl (C=O) groups is 1. The van der Waals surface area contributed by atoms with Crippen LogP contribution < -0.4 is 5.73 Å². The summed E-state index contributed by atoms with van der Waals surface area (Å²) in [6, 6.07) is 8.77. The van der Waals surface area contributed by atoms with Crippen LogP contribution in [0.5, 0.6) is 0 Å². The van der Waals surface area contributed by atoms with Crippen molar-refractivity contribution in [1.82, 2.24) is 4.90 Å². The van der Waals surface area contributed by atoms with E-state index in [1.165, 1.54) is 11.1 Å². The number of hydrogen-bond acceptors (Lipinski definition) is 2. The predicted octanol–water partition coefficient (Wildman–Crippen LogP) is 2.40. The van der Waals surface area contributed by atoms with E-state index in [0.717, 1.165) is 25.8 Å². The Hall–Kier alpha value is -1.35. The Balaban J connectivity index is 2.10. The summed E-state index contributed by atoms with van der Waals surface area (Å²) in [4.78, 5) is 14.2. The molecule has 0 aromatic heterocycles. The minimum atomic E-state index is 0.254. The van der Waals surface area contributed by atoms with Gasteiger partial charge in [0.2, 0.25) is 5.91 Å².